The average Bonchev–Trinajstić information content (AvgIpc) is 3.02. The number of pyridine rings is 2. The van der Waals surface area contributed by atoms with Gasteiger partial charge in [-0.25, -0.2) is 0 Å². The van der Waals surface area contributed by atoms with Crippen LogP contribution >= 0.6 is 0 Å². The van der Waals surface area contributed by atoms with Gasteiger partial charge in [-0.3, -0.25) is 0 Å². The Bertz CT molecular complexity index is 1660. The third-order valence-corrected chi connectivity index (χ3v) is 9.07. The van der Waals surface area contributed by atoms with Crippen LogP contribution in [0.2, 0.25) is 19.6 Å². The molecule has 4 aromatic carbocycles. The van der Waals surface area contributed by atoms with Crippen LogP contribution in [0.3, 0.4) is 0 Å². The van der Waals surface area contributed by atoms with Crippen molar-refractivity contribution in [3.8, 4) is 44.8 Å². The molecular formula is C38H34IrN2Si-2. The summed E-state index contributed by atoms with van der Waals surface area (Å²) in [5, 5.41) is 1.48. The second-order valence-electron chi connectivity index (χ2n) is 11.1. The topological polar surface area (TPSA) is 25.8 Å². The summed E-state index contributed by atoms with van der Waals surface area (Å²) >= 11 is 0. The molecule has 0 unspecified atom stereocenters. The molecule has 0 fully saturated rings. The molecule has 4 heteroatoms. The Morgan fingerprint density at radius 2 is 1.29 bits per heavy atom. The van der Waals surface area contributed by atoms with Gasteiger partial charge < -0.3 is 9.97 Å². The number of hydrogen-bond acceptors (Lipinski definition) is 2. The Hall–Kier alpha value is -3.95. The molecule has 2 heterocycles. The summed E-state index contributed by atoms with van der Waals surface area (Å²) < 4.78 is 0. The summed E-state index contributed by atoms with van der Waals surface area (Å²) in [6, 6.07) is 48.1. The van der Waals surface area contributed by atoms with Crippen molar-refractivity contribution in [1.82, 2.24) is 9.97 Å². The van der Waals surface area contributed by atoms with Gasteiger partial charge in [0.1, 0.15) is 0 Å². The molecule has 0 spiro atoms. The molecule has 0 atom stereocenters. The standard InChI is InChI=1S/C27H26NSi.C11H8N.Ir/c1-20-17-27(24-12-8-11-23(18-24)21-9-6-5-7-10-21)28-19-26(20)22-13-15-25(16-14-22)29(2,3)4;1-2-6-10(7-3-1)11-8-4-5-9-12-11;/h5-11,13-19H,1-4H3;1-6,8-9H;/q2*-1;. The van der Waals surface area contributed by atoms with Crippen LogP contribution in [-0.4, -0.2) is 18.0 Å². The number of aromatic nitrogens is 2. The van der Waals surface area contributed by atoms with E-state index in [2.05, 4.69) is 110 Å². The normalized spacial score (nSPS) is 10.7. The minimum Gasteiger partial charge on any atom is -0.305 e. The summed E-state index contributed by atoms with van der Waals surface area (Å²) in [5.74, 6) is 0. The molecule has 0 saturated heterocycles. The predicted octanol–water partition coefficient (Wildman–Crippen LogP) is 9.28. The molecule has 0 N–H and O–H groups in total. The molecule has 6 aromatic rings. The van der Waals surface area contributed by atoms with Gasteiger partial charge in [0.05, 0.1) is 8.07 Å². The van der Waals surface area contributed by atoms with E-state index in [1.165, 1.54) is 33.0 Å². The first kappa shape index (κ1) is 31.0. The van der Waals surface area contributed by atoms with Crippen molar-refractivity contribution in [1.29, 1.82) is 0 Å². The largest absolute Gasteiger partial charge is 0.305 e. The van der Waals surface area contributed by atoms with Crippen LogP contribution in [0.25, 0.3) is 44.8 Å². The Labute approximate surface area is 264 Å². The van der Waals surface area contributed by atoms with E-state index in [1.54, 1.807) is 6.20 Å². The first-order chi connectivity index (χ1) is 19.9. The summed E-state index contributed by atoms with van der Waals surface area (Å²) in [5.41, 5.74) is 10.0. The van der Waals surface area contributed by atoms with Gasteiger partial charge in [-0.1, -0.05) is 97.6 Å². The smallest absolute Gasteiger partial charge is 0.0775 e. The maximum absolute atomic E-state index is 4.77. The van der Waals surface area contributed by atoms with Crippen LogP contribution in [0.15, 0.2) is 134 Å². The second-order valence-corrected chi connectivity index (χ2v) is 16.1. The van der Waals surface area contributed by atoms with E-state index in [0.717, 1.165) is 22.5 Å². The van der Waals surface area contributed by atoms with Crippen LogP contribution in [0, 0.1) is 19.1 Å². The number of benzene rings is 4. The monoisotopic (exact) mass is 739 g/mol. The molecule has 2 aromatic heterocycles. The summed E-state index contributed by atoms with van der Waals surface area (Å²) in [6.45, 7) is 9.30. The van der Waals surface area contributed by atoms with E-state index < -0.39 is 8.07 Å². The molecule has 0 aliphatic carbocycles. The van der Waals surface area contributed by atoms with Crippen molar-refractivity contribution >= 4 is 13.3 Å². The SMILES string of the molecule is Cc1cc(-c2[c-]ccc(-c3ccccc3)c2)ncc1-c1ccc([Si](C)(C)C)cc1.[Ir].[c-]1ccccc1-c1ccccn1. The van der Waals surface area contributed by atoms with Crippen molar-refractivity contribution in [3.05, 3.63) is 151 Å². The van der Waals surface area contributed by atoms with Crippen LogP contribution in [0.4, 0.5) is 0 Å². The molecule has 0 aliphatic heterocycles. The van der Waals surface area contributed by atoms with Crippen molar-refractivity contribution in [2.75, 3.05) is 0 Å². The van der Waals surface area contributed by atoms with Gasteiger partial charge >= 0.3 is 0 Å². The maximum Gasteiger partial charge on any atom is 0.0775 e. The quantitative estimate of drug-likeness (QED) is 0.130. The minimum atomic E-state index is -1.28. The minimum absolute atomic E-state index is 0. The molecular weight excluding hydrogens is 705 g/mol. The van der Waals surface area contributed by atoms with Crippen LogP contribution in [-0.2, 0) is 20.1 Å². The Morgan fingerprint density at radius 3 is 1.93 bits per heavy atom. The second kappa shape index (κ2) is 14.3. The number of aryl methyl sites for hydroxylation is 1. The molecule has 0 amide bonds. The molecule has 211 valence electrons. The Kier molecular flexibility index (Phi) is 10.5. The van der Waals surface area contributed by atoms with E-state index in [0.29, 0.717) is 0 Å². The fourth-order valence-corrected chi connectivity index (χ4v) is 5.82. The van der Waals surface area contributed by atoms with Gasteiger partial charge in [-0.2, -0.15) is 0 Å². The zero-order valence-electron chi connectivity index (χ0n) is 24.4. The van der Waals surface area contributed by atoms with Crippen LogP contribution in [0.1, 0.15) is 5.56 Å². The number of rotatable bonds is 5. The number of hydrogen-bond donors (Lipinski definition) is 0. The summed E-state index contributed by atoms with van der Waals surface area (Å²) in [4.78, 5) is 8.99. The van der Waals surface area contributed by atoms with Gasteiger partial charge in [0, 0.05) is 38.1 Å². The van der Waals surface area contributed by atoms with Gasteiger partial charge in [0.25, 0.3) is 0 Å². The first-order valence-corrected chi connectivity index (χ1v) is 17.4. The molecule has 0 saturated carbocycles. The van der Waals surface area contributed by atoms with Gasteiger partial charge in [-0.15, -0.1) is 71.3 Å². The van der Waals surface area contributed by atoms with Gasteiger partial charge in [0.15, 0.2) is 0 Å². The average molecular weight is 739 g/mol. The van der Waals surface area contributed by atoms with Crippen LogP contribution in [0.5, 0.6) is 0 Å². The van der Waals surface area contributed by atoms with Crippen LogP contribution < -0.4 is 5.19 Å². The van der Waals surface area contributed by atoms with Gasteiger partial charge in [0.2, 0.25) is 0 Å². The van der Waals surface area contributed by atoms with Gasteiger partial charge in [-0.05, 0) is 41.1 Å². The third kappa shape index (κ3) is 7.86. The first-order valence-electron chi connectivity index (χ1n) is 13.9. The molecule has 42 heavy (non-hydrogen) atoms. The Balaban J connectivity index is 0.000000261. The molecule has 1 radical (unpaired) electrons. The molecule has 6 rings (SSSR count). The maximum atomic E-state index is 4.77. The third-order valence-electron chi connectivity index (χ3n) is 7.01. The molecule has 0 bridgehead atoms. The zero-order chi connectivity index (χ0) is 28.7. The van der Waals surface area contributed by atoms with Crippen molar-refractivity contribution in [2.45, 2.75) is 26.6 Å². The fraction of sp³-hybridized carbons (Fsp3) is 0.105. The Morgan fingerprint density at radius 1 is 0.571 bits per heavy atom. The molecule has 0 aliphatic rings. The molecule has 2 nitrogen and oxygen atoms in total. The van der Waals surface area contributed by atoms with E-state index in [-0.39, 0.29) is 20.1 Å². The van der Waals surface area contributed by atoms with Crippen molar-refractivity contribution in [2.24, 2.45) is 0 Å². The van der Waals surface area contributed by atoms with E-state index in [4.69, 9.17) is 4.98 Å². The summed E-state index contributed by atoms with van der Waals surface area (Å²) in [7, 11) is -1.28. The zero-order valence-corrected chi connectivity index (χ0v) is 27.8. The van der Waals surface area contributed by atoms with E-state index in [9.17, 15) is 0 Å². The van der Waals surface area contributed by atoms with E-state index in [1.807, 2.05) is 60.8 Å². The fourth-order valence-electron chi connectivity index (χ4n) is 4.65. The van der Waals surface area contributed by atoms with Crippen molar-refractivity contribution < 1.29 is 20.1 Å². The summed E-state index contributed by atoms with van der Waals surface area (Å²) in [6.07, 6.45) is 3.79. The van der Waals surface area contributed by atoms with E-state index >= 15 is 0 Å². The van der Waals surface area contributed by atoms with Crippen molar-refractivity contribution in [3.63, 3.8) is 0 Å². The predicted molar refractivity (Wildman–Crippen MR) is 176 cm³/mol. The number of nitrogens with zero attached hydrogens (tertiary/aromatic N) is 2.